The van der Waals surface area contributed by atoms with Crippen LogP contribution in [-0.4, -0.2) is 13.4 Å². The van der Waals surface area contributed by atoms with E-state index in [1.165, 1.54) is 6.08 Å². The summed E-state index contributed by atoms with van der Waals surface area (Å²) in [7, 11) is -0.602. The SMILES string of the molecule is B[SH](C)(=N)/C(F)=C\C#CCCC. The topological polar surface area (TPSA) is 23.9 Å². The molecular formula is C8H15BFNS. The van der Waals surface area contributed by atoms with E-state index in [2.05, 4.69) is 11.8 Å². The molecule has 0 aliphatic rings. The van der Waals surface area contributed by atoms with Gasteiger partial charge in [-0.15, -0.1) is 0 Å². The Morgan fingerprint density at radius 2 is 2.33 bits per heavy atom. The molecule has 0 spiro atoms. The average molecular weight is 187 g/mol. The molecule has 0 aliphatic carbocycles. The molecule has 1 N–H and O–H groups in total. The molecule has 68 valence electrons. The lowest BCUT2D eigenvalue weighted by Gasteiger charge is -2.10. The lowest BCUT2D eigenvalue weighted by molar-refractivity contribution is 0.697. The van der Waals surface area contributed by atoms with Crippen molar-refractivity contribution >= 4 is 16.8 Å². The summed E-state index contributed by atoms with van der Waals surface area (Å²) in [4.78, 5) is 0. The van der Waals surface area contributed by atoms with Crippen LogP contribution in [-0.2, 0) is 9.68 Å². The quantitative estimate of drug-likeness (QED) is 0.371. The molecule has 0 atom stereocenters. The predicted octanol–water partition coefficient (Wildman–Crippen LogP) is 1.43. The van der Waals surface area contributed by atoms with Gasteiger partial charge >= 0.3 is 0 Å². The van der Waals surface area contributed by atoms with Gasteiger partial charge in [-0.2, -0.15) is 9.68 Å². The Labute approximate surface area is 75.6 Å². The van der Waals surface area contributed by atoms with E-state index in [-0.39, 0.29) is 5.16 Å². The van der Waals surface area contributed by atoms with Gasteiger partial charge in [0.2, 0.25) is 0 Å². The highest BCUT2D eigenvalue weighted by Gasteiger charge is 2.01. The van der Waals surface area contributed by atoms with Gasteiger partial charge in [-0.3, -0.25) is 0 Å². The normalized spacial score (nSPS) is 13.4. The molecule has 0 fully saturated rings. The Balaban J connectivity index is 4.23. The van der Waals surface area contributed by atoms with Crippen LogP contribution >= 0.6 is 0 Å². The molecule has 0 saturated heterocycles. The van der Waals surface area contributed by atoms with Crippen LogP contribution < -0.4 is 0 Å². The first-order valence-electron chi connectivity index (χ1n) is 3.92. The number of unbranched alkanes of at least 4 members (excludes halogenated alkanes) is 1. The van der Waals surface area contributed by atoms with E-state index in [1.807, 2.05) is 6.92 Å². The van der Waals surface area contributed by atoms with Crippen molar-refractivity contribution < 1.29 is 4.39 Å². The largest absolute Gasteiger partial charge is 0.304 e. The van der Waals surface area contributed by atoms with Crippen molar-refractivity contribution in [3.63, 3.8) is 0 Å². The van der Waals surface area contributed by atoms with Crippen molar-refractivity contribution in [2.45, 2.75) is 19.8 Å². The van der Waals surface area contributed by atoms with Gasteiger partial charge in [0.05, 0.1) is 0 Å². The van der Waals surface area contributed by atoms with E-state index in [9.17, 15) is 4.39 Å². The predicted molar refractivity (Wildman–Crippen MR) is 57.8 cm³/mol. The lowest BCUT2D eigenvalue weighted by atomic mass is 10.3. The fraction of sp³-hybridized carbons (Fsp3) is 0.500. The maximum atomic E-state index is 13.0. The van der Waals surface area contributed by atoms with E-state index in [0.29, 0.717) is 0 Å². The third kappa shape index (κ3) is 5.14. The zero-order valence-corrected chi connectivity index (χ0v) is 8.71. The molecule has 4 heteroatoms. The Morgan fingerprint density at radius 1 is 1.75 bits per heavy atom. The average Bonchev–Trinajstić information content (AvgIpc) is 1.96. The number of nitrogens with one attached hydrogen (secondary N) is 1. The summed E-state index contributed by atoms with van der Waals surface area (Å²) < 4.78 is 20.4. The smallest absolute Gasteiger partial charge is 0.172 e. The first-order valence-corrected chi connectivity index (χ1v) is 6.60. The van der Waals surface area contributed by atoms with Crippen LogP contribution in [0.3, 0.4) is 0 Å². The number of rotatable bonds is 2. The maximum Gasteiger partial charge on any atom is 0.172 e. The minimum Gasteiger partial charge on any atom is -0.304 e. The first kappa shape index (κ1) is 11.4. The Hall–Kier alpha value is -0.555. The van der Waals surface area contributed by atoms with Gasteiger partial charge in [-0.25, -0.2) is 4.39 Å². The number of allylic oxidation sites excluding steroid dienone is 1. The van der Waals surface area contributed by atoms with E-state index in [4.69, 9.17) is 4.78 Å². The molecule has 0 radical (unpaired) electrons. The van der Waals surface area contributed by atoms with Crippen LogP contribution in [0.5, 0.6) is 0 Å². The number of hydrogen-bond donors (Lipinski definition) is 2. The maximum absolute atomic E-state index is 13.0. The molecule has 0 saturated carbocycles. The molecule has 0 aliphatic heterocycles. The van der Waals surface area contributed by atoms with Crippen LogP contribution in [0.25, 0.3) is 0 Å². The van der Waals surface area contributed by atoms with Crippen LogP contribution in [0.2, 0.25) is 0 Å². The highest BCUT2D eigenvalue weighted by molar-refractivity contribution is 8.25. The van der Waals surface area contributed by atoms with Crippen molar-refractivity contribution in [3.05, 3.63) is 11.2 Å². The van der Waals surface area contributed by atoms with Crippen LogP contribution in [0.4, 0.5) is 4.39 Å². The minimum atomic E-state index is -2.21. The second-order valence-electron chi connectivity index (χ2n) is 2.99. The van der Waals surface area contributed by atoms with Gasteiger partial charge in [-0.05, 0) is 12.7 Å². The summed E-state index contributed by atoms with van der Waals surface area (Å²) in [5.74, 6) is 5.42. The van der Waals surface area contributed by atoms with E-state index in [1.54, 1.807) is 13.4 Å². The standard InChI is InChI=1S/C8H15BFNS/c1-3-4-5-6-7-8(10)12(2,9)11/h7,11-12H,3-4,9H2,1-2H3/b8-7-. The van der Waals surface area contributed by atoms with Crippen molar-refractivity contribution in [1.82, 2.24) is 0 Å². The zero-order chi connectivity index (χ0) is 9.61. The third-order valence-electron chi connectivity index (χ3n) is 1.20. The minimum absolute atomic E-state index is 0.369. The van der Waals surface area contributed by atoms with E-state index < -0.39 is 9.68 Å². The molecule has 0 aromatic rings. The molecule has 0 rings (SSSR count). The molecule has 12 heavy (non-hydrogen) atoms. The zero-order valence-electron chi connectivity index (χ0n) is 7.82. The van der Waals surface area contributed by atoms with Crippen LogP contribution in [0, 0.1) is 16.6 Å². The lowest BCUT2D eigenvalue weighted by Crippen LogP contribution is -2.05. The van der Waals surface area contributed by atoms with Crippen molar-refractivity contribution in [1.29, 1.82) is 4.78 Å². The van der Waals surface area contributed by atoms with Crippen LogP contribution in [0.15, 0.2) is 11.2 Å². The molecule has 0 amide bonds. The molecule has 0 aromatic heterocycles. The Bertz CT molecular complexity index is 269. The molecule has 0 heterocycles. The summed E-state index contributed by atoms with van der Waals surface area (Å²) in [6.07, 6.45) is 4.62. The summed E-state index contributed by atoms with van der Waals surface area (Å²) in [5.41, 5.74) is 0. The molecule has 0 bridgehead atoms. The molecular weight excluding hydrogens is 172 g/mol. The Morgan fingerprint density at radius 3 is 2.75 bits per heavy atom. The van der Waals surface area contributed by atoms with E-state index >= 15 is 0 Å². The summed E-state index contributed by atoms with van der Waals surface area (Å²) >= 11 is 0. The van der Waals surface area contributed by atoms with Gasteiger partial charge < -0.3 is 4.78 Å². The highest BCUT2D eigenvalue weighted by atomic mass is 32.2. The van der Waals surface area contributed by atoms with Gasteiger partial charge in [0.15, 0.2) is 7.12 Å². The molecule has 1 nitrogen and oxygen atoms in total. The van der Waals surface area contributed by atoms with Crippen molar-refractivity contribution in [2.24, 2.45) is 0 Å². The second kappa shape index (κ2) is 5.15. The molecule has 0 aromatic carbocycles. The van der Waals surface area contributed by atoms with Gasteiger partial charge in [0.1, 0.15) is 5.16 Å². The van der Waals surface area contributed by atoms with Crippen molar-refractivity contribution in [3.8, 4) is 11.8 Å². The second-order valence-corrected chi connectivity index (χ2v) is 6.33. The monoisotopic (exact) mass is 187 g/mol. The van der Waals surface area contributed by atoms with Crippen LogP contribution in [0.1, 0.15) is 19.8 Å². The summed E-state index contributed by atoms with van der Waals surface area (Å²) in [5, 5.41) is -0.369. The van der Waals surface area contributed by atoms with Crippen molar-refractivity contribution in [2.75, 3.05) is 6.26 Å². The van der Waals surface area contributed by atoms with Gasteiger partial charge in [0, 0.05) is 12.5 Å². The van der Waals surface area contributed by atoms with E-state index in [0.717, 1.165) is 12.8 Å². The van der Waals surface area contributed by atoms with Gasteiger partial charge in [0.25, 0.3) is 0 Å². The number of halogens is 1. The number of thiol groups is 1. The highest BCUT2D eigenvalue weighted by Crippen LogP contribution is 2.10. The summed E-state index contributed by atoms with van der Waals surface area (Å²) in [6, 6.07) is 0. The summed E-state index contributed by atoms with van der Waals surface area (Å²) in [6.45, 7) is 2.02. The Kier molecular flexibility index (Phi) is 4.92. The number of hydrogen-bond acceptors (Lipinski definition) is 1. The fourth-order valence-electron chi connectivity index (χ4n) is 0.469. The molecule has 0 unspecified atom stereocenters. The first-order chi connectivity index (χ1) is 5.48. The third-order valence-corrected chi connectivity index (χ3v) is 2.40. The fourth-order valence-corrected chi connectivity index (χ4v) is 0.856. The van der Waals surface area contributed by atoms with Gasteiger partial charge in [-0.1, -0.05) is 18.8 Å².